The quantitative estimate of drug-likeness (QED) is 0.412. The summed E-state index contributed by atoms with van der Waals surface area (Å²) >= 11 is 1.73. The molecule has 0 bridgehead atoms. The monoisotopic (exact) mass is 451 g/mol. The van der Waals surface area contributed by atoms with Crippen molar-refractivity contribution in [1.29, 1.82) is 0 Å². The second-order valence-electron chi connectivity index (χ2n) is 4.83. The lowest BCUT2D eigenvalue weighted by molar-refractivity contribution is 0.498. The maximum atomic E-state index is 13.5. The highest BCUT2D eigenvalue weighted by molar-refractivity contribution is 14.0. The molecule has 3 nitrogen and oxygen atoms in total. The van der Waals surface area contributed by atoms with Gasteiger partial charge < -0.3 is 10.6 Å². The highest BCUT2D eigenvalue weighted by atomic mass is 127. The predicted octanol–water partition coefficient (Wildman–Crippen LogP) is 3.86. The van der Waals surface area contributed by atoms with Crippen LogP contribution in [0.15, 0.2) is 35.3 Å². The first-order valence-corrected chi connectivity index (χ1v) is 7.84. The molecule has 0 saturated heterocycles. The molecule has 0 amide bonds. The zero-order valence-corrected chi connectivity index (χ0v) is 16.2. The molecule has 0 unspecified atom stereocenters. The largest absolute Gasteiger partial charge is 0.356 e. The zero-order valence-electron chi connectivity index (χ0n) is 13.0. The summed E-state index contributed by atoms with van der Waals surface area (Å²) in [5.41, 5.74) is 0.358. The Labute approximate surface area is 156 Å². The minimum atomic E-state index is -0.812. The molecule has 0 radical (unpaired) electrons. The fraction of sp³-hybridized carbons (Fsp3) is 0.312. The van der Waals surface area contributed by atoms with Crippen molar-refractivity contribution in [2.45, 2.75) is 19.9 Å². The molecule has 0 aliphatic heterocycles. The Morgan fingerprint density at radius 1 is 1.17 bits per heavy atom. The Hall–Kier alpha value is -1.22. The number of rotatable bonds is 5. The van der Waals surface area contributed by atoms with Crippen molar-refractivity contribution in [3.05, 3.63) is 57.3 Å². The smallest absolute Gasteiger partial charge is 0.191 e. The van der Waals surface area contributed by atoms with Crippen LogP contribution in [0, 0.1) is 18.6 Å². The summed E-state index contributed by atoms with van der Waals surface area (Å²) < 4.78 is 26.6. The third-order valence-corrected chi connectivity index (χ3v) is 4.17. The highest BCUT2D eigenvalue weighted by Gasteiger charge is 2.07. The van der Waals surface area contributed by atoms with Crippen LogP contribution >= 0.6 is 35.3 Å². The van der Waals surface area contributed by atoms with Gasteiger partial charge >= 0.3 is 0 Å². The van der Waals surface area contributed by atoms with Gasteiger partial charge in [0, 0.05) is 23.3 Å². The van der Waals surface area contributed by atoms with Gasteiger partial charge in [-0.2, -0.15) is 0 Å². The van der Waals surface area contributed by atoms with Crippen molar-refractivity contribution in [2.75, 3.05) is 13.6 Å². The minimum Gasteiger partial charge on any atom is -0.356 e. The van der Waals surface area contributed by atoms with Gasteiger partial charge in [0.15, 0.2) is 17.6 Å². The van der Waals surface area contributed by atoms with E-state index in [9.17, 15) is 8.78 Å². The summed E-state index contributed by atoms with van der Waals surface area (Å²) in [7, 11) is 1.68. The molecule has 126 valence electrons. The molecule has 2 N–H and O–H groups in total. The summed E-state index contributed by atoms with van der Waals surface area (Å²) in [5.74, 6) is -0.947. The first-order chi connectivity index (χ1) is 10.6. The molecule has 0 atom stereocenters. The second kappa shape index (κ2) is 9.82. The van der Waals surface area contributed by atoms with Gasteiger partial charge in [-0.25, -0.2) is 8.78 Å². The van der Waals surface area contributed by atoms with E-state index < -0.39 is 11.6 Å². The molecule has 1 aromatic carbocycles. The molecular formula is C16H20F2IN3S. The van der Waals surface area contributed by atoms with Crippen LogP contribution in [0.5, 0.6) is 0 Å². The lowest BCUT2D eigenvalue weighted by Crippen LogP contribution is -2.37. The van der Waals surface area contributed by atoms with Gasteiger partial charge in [0.1, 0.15) is 0 Å². The molecule has 0 aliphatic rings. The molecule has 1 aromatic heterocycles. The molecule has 2 aromatic rings. The average Bonchev–Trinajstić information content (AvgIpc) is 2.92. The van der Waals surface area contributed by atoms with Crippen LogP contribution in [0.4, 0.5) is 8.78 Å². The Morgan fingerprint density at radius 3 is 2.61 bits per heavy atom. The summed E-state index contributed by atoms with van der Waals surface area (Å²) in [4.78, 5) is 6.60. The summed E-state index contributed by atoms with van der Waals surface area (Å²) in [5, 5.41) is 6.29. The molecule has 2 rings (SSSR count). The molecule has 1 heterocycles. The van der Waals surface area contributed by atoms with E-state index >= 15 is 0 Å². The maximum absolute atomic E-state index is 13.5. The number of nitrogens with zero attached hydrogens (tertiary/aromatic N) is 1. The maximum Gasteiger partial charge on any atom is 0.191 e. The number of nitrogens with one attached hydrogen (secondary N) is 2. The molecule has 0 spiro atoms. The molecule has 0 aliphatic carbocycles. The third kappa shape index (κ3) is 6.06. The normalized spacial score (nSPS) is 11.0. The van der Waals surface area contributed by atoms with E-state index in [1.807, 2.05) is 0 Å². The van der Waals surface area contributed by atoms with Gasteiger partial charge in [-0.15, -0.1) is 35.3 Å². The van der Waals surface area contributed by atoms with Crippen molar-refractivity contribution in [2.24, 2.45) is 4.99 Å². The SMILES string of the molecule is CN=C(NCCc1cccc(F)c1F)NCc1ccc(C)s1.I. The van der Waals surface area contributed by atoms with Crippen LogP contribution in [0.2, 0.25) is 0 Å². The van der Waals surface area contributed by atoms with E-state index in [-0.39, 0.29) is 24.0 Å². The van der Waals surface area contributed by atoms with Crippen molar-refractivity contribution in [1.82, 2.24) is 10.6 Å². The number of hydrogen-bond donors (Lipinski definition) is 2. The van der Waals surface area contributed by atoms with E-state index in [1.54, 1.807) is 24.5 Å². The number of aryl methyl sites for hydroxylation is 1. The average molecular weight is 451 g/mol. The first kappa shape index (κ1) is 19.8. The zero-order chi connectivity index (χ0) is 15.9. The van der Waals surface area contributed by atoms with Crippen molar-refractivity contribution in [3.63, 3.8) is 0 Å². The van der Waals surface area contributed by atoms with Gasteiger partial charge in [-0.1, -0.05) is 12.1 Å². The van der Waals surface area contributed by atoms with Gasteiger partial charge in [0.05, 0.1) is 6.54 Å². The lowest BCUT2D eigenvalue weighted by Gasteiger charge is -2.11. The van der Waals surface area contributed by atoms with Crippen LogP contribution < -0.4 is 10.6 Å². The van der Waals surface area contributed by atoms with E-state index in [2.05, 4.69) is 34.7 Å². The highest BCUT2D eigenvalue weighted by Crippen LogP contribution is 2.14. The van der Waals surface area contributed by atoms with E-state index in [0.29, 0.717) is 31.0 Å². The summed E-state index contributed by atoms with van der Waals surface area (Å²) in [6, 6.07) is 8.37. The number of hydrogen-bond acceptors (Lipinski definition) is 2. The molecule has 23 heavy (non-hydrogen) atoms. The Bertz CT molecular complexity index is 659. The van der Waals surface area contributed by atoms with Gasteiger partial charge in [0.2, 0.25) is 0 Å². The van der Waals surface area contributed by atoms with E-state index in [1.165, 1.54) is 15.8 Å². The Balaban J connectivity index is 0.00000264. The van der Waals surface area contributed by atoms with Crippen molar-refractivity contribution in [3.8, 4) is 0 Å². The lowest BCUT2D eigenvalue weighted by atomic mass is 10.1. The number of benzene rings is 1. The van der Waals surface area contributed by atoms with Crippen LogP contribution in [0.25, 0.3) is 0 Å². The number of aliphatic imine (C=N–C) groups is 1. The Morgan fingerprint density at radius 2 is 1.96 bits per heavy atom. The van der Waals surface area contributed by atoms with Gasteiger partial charge in [-0.3, -0.25) is 4.99 Å². The molecular weight excluding hydrogens is 431 g/mol. The number of guanidine groups is 1. The topological polar surface area (TPSA) is 36.4 Å². The fourth-order valence-corrected chi connectivity index (χ4v) is 2.86. The van der Waals surface area contributed by atoms with Crippen LogP contribution in [0.3, 0.4) is 0 Å². The molecule has 0 fully saturated rings. The van der Waals surface area contributed by atoms with Gasteiger partial charge in [0.25, 0.3) is 0 Å². The first-order valence-electron chi connectivity index (χ1n) is 7.03. The van der Waals surface area contributed by atoms with Crippen LogP contribution in [0.1, 0.15) is 15.3 Å². The fourth-order valence-electron chi connectivity index (χ4n) is 2.03. The minimum absolute atomic E-state index is 0. The van der Waals surface area contributed by atoms with Crippen molar-refractivity contribution < 1.29 is 8.78 Å². The van der Waals surface area contributed by atoms with Crippen LogP contribution in [-0.4, -0.2) is 19.6 Å². The van der Waals surface area contributed by atoms with Crippen LogP contribution in [-0.2, 0) is 13.0 Å². The standard InChI is InChI=1S/C16H19F2N3S.HI/c1-11-6-7-13(22-11)10-21-16(19-2)20-9-8-12-4-3-5-14(17)15(12)18;/h3-7H,8-10H2,1-2H3,(H2,19,20,21);1H. The number of thiophene rings is 1. The van der Waals surface area contributed by atoms with Crippen molar-refractivity contribution >= 4 is 41.3 Å². The predicted molar refractivity (Wildman–Crippen MR) is 103 cm³/mol. The van der Waals surface area contributed by atoms with Gasteiger partial charge in [-0.05, 0) is 37.1 Å². The summed E-state index contributed by atoms with van der Waals surface area (Å²) in [6.45, 7) is 3.23. The Kier molecular flexibility index (Phi) is 8.46. The van der Waals surface area contributed by atoms with E-state index in [4.69, 9.17) is 0 Å². The third-order valence-electron chi connectivity index (χ3n) is 3.17. The number of halogens is 3. The summed E-state index contributed by atoms with van der Waals surface area (Å²) in [6.07, 6.45) is 0.391. The molecule has 0 saturated carbocycles. The second-order valence-corrected chi connectivity index (χ2v) is 6.20. The van der Waals surface area contributed by atoms with E-state index in [0.717, 1.165) is 6.07 Å². The molecule has 7 heteroatoms.